The smallest absolute Gasteiger partial charge is 0.208 e. The van der Waals surface area contributed by atoms with Crippen molar-refractivity contribution < 1.29 is 4.79 Å². The fourth-order valence-corrected chi connectivity index (χ4v) is 1.56. The number of likely N-dealkylation sites (N-methyl/N-ethyl adjacent to an activating group) is 1. The average molecular weight is 208 g/mol. The number of hydrogen-bond acceptors (Lipinski definition) is 3. The summed E-state index contributed by atoms with van der Waals surface area (Å²) in [5.74, 6) is 0.102. The lowest BCUT2D eigenvalue weighted by atomic mass is 9.97. The predicted octanol–water partition coefficient (Wildman–Crippen LogP) is 1.28. The lowest BCUT2D eigenvalue weighted by molar-refractivity contribution is -0.114. The van der Waals surface area contributed by atoms with E-state index in [0.717, 1.165) is 25.2 Å². The molecule has 1 aliphatic carbocycles. The van der Waals surface area contributed by atoms with Crippen LogP contribution in [0.5, 0.6) is 0 Å². The molecule has 0 aromatic heterocycles. The largest absolute Gasteiger partial charge is 0.371 e. The number of unbranched alkanes of at least 4 members (excludes halogenated alkanes) is 1. The highest BCUT2D eigenvalue weighted by molar-refractivity contribution is 6.16. The maximum atomic E-state index is 11.3. The number of ketones is 1. The first-order valence-corrected chi connectivity index (χ1v) is 5.33. The quantitative estimate of drug-likeness (QED) is 0.485. The Morgan fingerprint density at radius 2 is 1.80 bits per heavy atom. The molecule has 0 fully saturated rings. The van der Waals surface area contributed by atoms with Crippen LogP contribution in [0.4, 0.5) is 0 Å². The van der Waals surface area contributed by atoms with E-state index in [1.807, 2.05) is 18.0 Å². The van der Waals surface area contributed by atoms with Crippen molar-refractivity contribution in [2.75, 3.05) is 34.2 Å². The van der Waals surface area contributed by atoms with Gasteiger partial charge in [0.15, 0.2) is 0 Å². The Hall–Kier alpha value is -1.09. The van der Waals surface area contributed by atoms with Crippen LogP contribution in [-0.2, 0) is 4.79 Å². The third kappa shape index (κ3) is 3.20. The SMILES string of the molecule is C=C1C=C(N(C)CCCCN(C)C)C1=O. The molecule has 15 heavy (non-hydrogen) atoms. The lowest BCUT2D eigenvalue weighted by Gasteiger charge is -2.27. The van der Waals surface area contributed by atoms with Gasteiger partial charge >= 0.3 is 0 Å². The van der Waals surface area contributed by atoms with Crippen LogP contribution in [0.3, 0.4) is 0 Å². The Bertz CT molecular complexity index is 292. The highest BCUT2D eigenvalue weighted by Crippen LogP contribution is 2.21. The van der Waals surface area contributed by atoms with Crippen LogP contribution in [0, 0.1) is 0 Å². The molecular formula is C12H20N2O. The Morgan fingerprint density at radius 1 is 1.20 bits per heavy atom. The molecule has 0 unspecified atom stereocenters. The first-order chi connectivity index (χ1) is 7.02. The zero-order valence-electron chi connectivity index (χ0n) is 9.92. The van der Waals surface area contributed by atoms with Gasteiger partial charge in [0.1, 0.15) is 0 Å². The number of rotatable bonds is 6. The molecule has 0 spiro atoms. The van der Waals surface area contributed by atoms with Crippen molar-refractivity contribution in [2.24, 2.45) is 0 Å². The summed E-state index contributed by atoms with van der Waals surface area (Å²) in [4.78, 5) is 15.5. The minimum atomic E-state index is 0.102. The number of nitrogens with zero attached hydrogens (tertiary/aromatic N) is 2. The second kappa shape index (κ2) is 5.12. The van der Waals surface area contributed by atoms with Crippen molar-refractivity contribution in [3.63, 3.8) is 0 Å². The second-order valence-corrected chi connectivity index (χ2v) is 4.32. The summed E-state index contributed by atoms with van der Waals surface area (Å²) in [6.07, 6.45) is 4.14. The van der Waals surface area contributed by atoms with Crippen molar-refractivity contribution in [3.8, 4) is 0 Å². The van der Waals surface area contributed by atoms with E-state index in [1.165, 1.54) is 6.42 Å². The van der Waals surface area contributed by atoms with Crippen LogP contribution in [0.15, 0.2) is 23.9 Å². The van der Waals surface area contributed by atoms with Crippen LogP contribution in [0.25, 0.3) is 0 Å². The predicted molar refractivity (Wildman–Crippen MR) is 62.6 cm³/mol. The molecule has 1 aliphatic rings. The summed E-state index contributed by atoms with van der Waals surface area (Å²) in [7, 11) is 6.11. The van der Waals surface area contributed by atoms with Gasteiger partial charge in [0.25, 0.3) is 0 Å². The summed E-state index contributed by atoms with van der Waals surface area (Å²) in [6.45, 7) is 5.68. The van der Waals surface area contributed by atoms with Gasteiger partial charge in [-0.1, -0.05) is 6.58 Å². The maximum Gasteiger partial charge on any atom is 0.208 e. The molecule has 0 N–H and O–H groups in total. The molecular weight excluding hydrogens is 188 g/mol. The van der Waals surface area contributed by atoms with E-state index in [0.29, 0.717) is 5.57 Å². The van der Waals surface area contributed by atoms with E-state index in [2.05, 4.69) is 25.6 Å². The number of carbonyl (C=O) groups is 1. The van der Waals surface area contributed by atoms with Crippen LogP contribution < -0.4 is 0 Å². The standard InChI is InChI=1S/C12H20N2O/c1-10-9-11(12(10)15)14(4)8-6-5-7-13(2)3/h9H,1,5-8H2,2-4H3. The molecule has 0 radical (unpaired) electrons. The van der Waals surface area contributed by atoms with Gasteiger partial charge in [-0.2, -0.15) is 0 Å². The van der Waals surface area contributed by atoms with E-state index in [-0.39, 0.29) is 5.78 Å². The number of carbonyl (C=O) groups excluding carboxylic acids is 1. The maximum absolute atomic E-state index is 11.3. The lowest BCUT2D eigenvalue weighted by Crippen LogP contribution is -2.31. The zero-order valence-corrected chi connectivity index (χ0v) is 9.92. The molecule has 1 rings (SSSR count). The van der Waals surface area contributed by atoms with Gasteiger partial charge in [-0.3, -0.25) is 4.79 Å². The molecule has 0 bridgehead atoms. The van der Waals surface area contributed by atoms with Gasteiger partial charge in [0.05, 0.1) is 5.70 Å². The summed E-state index contributed by atoms with van der Waals surface area (Å²) >= 11 is 0. The molecule has 0 amide bonds. The van der Waals surface area contributed by atoms with Crippen LogP contribution >= 0.6 is 0 Å². The monoisotopic (exact) mass is 208 g/mol. The first-order valence-electron chi connectivity index (χ1n) is 5.33. The molecule has 3 heteroatoms. The highest BCUT2D eigenvalue weighted by atomic mass is 16.1. The highest BCUT2D eigenvalue weighted by Gasteiger charge is 2.24. The Labute approximate surface area is 92.0 Å². The molecule has 0 atom stereocenters. The molecule has 0 aromatic carbocycles. The molecule has 0 heterocycles. The van der Waals surface area contributed by atoms with E-state index in [9.17, 15) is 4.79 Å². The van der Waals surface area contributed by atoms with Gasteiger partial charge in [-0.25, -0.2) is 0 Å². The van der Waals surface area contributed by atoms with E-state index in [1.54, 1.807) is 0 Å². The van der Waals surface area contributed by atoms with Crippen molar-refractivity contribution >= 4 is 5.78 Å². The molecule has 84 valence electrons. The van der Waals surface area contributed by atoms with E-state index >= 15 is 0 Å². The zero-order chi connectivity index (χ0) is 11.4. The minimum Gasteiger partial charge on any atom is -0.371 e. The van der Waals surface area contributed by atoms with Crippen molar-refractivity contribution in [1.82, 2.24) is 9.80 Å². The average Bonchev–Trinajstić information content (AvgIpc) is 2.19. The van der Waals surface area contributed by atoms with E-state index < -0.39 is 0 Å². The van der Waals surface area contributed by atoms with Gasteiger partial charge in [-0.15, -0.1) is 0 Å². The van der Waals surface area contributed by atoms with Crippen LogP contribution in [0.1, 0.15) is 12.8 Å². The second-order valence-electron chi connectivity index (χ2n) is 4.32. The van der Waals surface area contributed by atoms with Crippen molar-refractivity contribution in [1.29, 1.82) is 0 Å². The summed E-state index contributed by atoms with van der Waals surface area (Å²) in [6, 6.07) is 0. The van der Waals surface area contributed by atoms with Crippen molar-refractivity contribution in [3.05, 3.63) is 23.9 Å². The van der Waals surface area contributed by atoms with E-state index in [4.69, 9.17) is 0 Å². The summed E-state index contributed by atoms with van der Waals surface area (Å²) < 4.78 is 0. The number of hydrogen-bond donors (Lipinski definition) is 0. The minimum absolute atomic E-state index is 0.102. The Morgan fingerprint density at radius 3 is 2.27 bits per heavy atom. The Kier molecular flexibility index (Phi) is 4.09. The topological polar surface area (TPSA) is 23.6 Å². The molecule has 0 aromatic rings. The Balaban J connectivity index is 2.20. The normalized spacial score (nSPS) is 15.3. The molecule has 0 saturated carbocycles. The molecule has 0 saturated heterocycles. The van der Waals surface area contributed by atoms with Gasteiger partial charge in [0, 0.05) is 19.2 Å². The van der Waals surface area contributed by atoms with Crippen LogP contribution in [0.2, 0.25) is 0 Å². The van der Waals surface area contributed by atoms with Gasteiger partial charge in [0.2, 0.25) is 5.78 Å². The number of Topliss-reactive ketones (excluding diaryl/α,β-unsaturated/α-hetero) is 1. The first kappa shape index (κ1) is 12.0. The third-order valence-corrected chi connectivity index (χ3v) is 2.60. The molecule has 3 nitrogen and oxygen atoms in total. The number of allylic oxidation sites excluding steroid dienone is 2. The van der Waals surface area contributed by atoms with Crippen molar-refractivity contribution in [2.45, 2.75) is 12.8 Å². The molecule has 0 aliphatic heterocycles. The van der Waals surface area contributed by atoms with Crippen LogP contribution in [-0.4, -0.2) is 49.8 Å². The summed E-state index contributed by atoms with van der Waals surface area (Å²) in [5, 5.41) is 0. The fourth-order valence-electron chi connectivity index (χ4n) is 1.56. The van der Waals surface area contributed by atoms with Gasteiger partial charge in [-0.05, 0) is 39.6 Å². The van der Waals surface area contributed by atoms with Gasteiger partial charge < -0.3 is 9.80 Å². The summed E-state index contributed by atoms with van der Waals surface area (Å²) in [5.41, 5.74) is 1.44. The third-order valence-electron chi connectivity index (χ3n) is 2.60. The fraction of sp³-hybridized carbons (Fsp3) is 0.583.